The van der Waals surface area contributed by atoms with Gasteiger partial charge in [-0.25, -0.2) is 0 Å². The van der Waals surface area contributed by atoms with Crippen molar-refractivity contribution in [3.05, 3.63) is 28.8 Å². The van der Waals surface area contributed by atoms with E-state index in [0.717, 1.165) is 7.05 Å². The van der Waals surface area contributed by atoms with Gasteiger partial charge < -0.3 is 10.6 Å². The Morgan fingerprint density at radius 3 is 2.53 bits per heavy atom. The molecule has 0 saturated heterocycles. The van der Waals surface area contributed by atoms with Gasteiger partial charge in [0, 0.05) is 12.6 Å². The Morgan fingerprint density at radius 1 is 1.47 bits per heavy atom. The largest absolute Gasteiger partial charge is 0.406 e. The molecule has 0 aliphatic heterocycles. The van der Waals surface area contributed by atoms with Crippen LogP contribution in [0.5, 0.6) is 0 Å². The number of nitrogen functional groups attached to an aromatic ring is 1. The molecule has 1 aromatic rings. The summed E-state index contributed by atoms with van der Waals surface area (Å²) in [6.07, 6.45) is -4.43. The minimum Gasteiger partial charge on any atom is -0.398 e. The molecular formula is C10H10ClF3N2O. The van der Waals surface area contributed by atoms with Crippen LogP contribution in [0.4, 0.5) is 18.9 Å². The minimum absolute atomic E-state index is 0.0657. The summed E-state index contributed by atoms with van der Waals surface area (Å²) in [5, 5.41) is 0.135. The maximum absolute atomic E-state index is 12.1. The van der Waals surface area contributed by atoms with E-state index in [2.05, 4.69) is 0 Å². The molecule has 1 aromatic carbocycles. The molecule has 0 saturated carbocycles. The number of nitrogens with zero attached hydrogens (tertiary/aromatic N) is 1. The first kappa shape index (κ1) is 13.6. The average Bonchev–Trinajstić information content (AvgIpc) is 2.18. The highest BCUT2D eigenvalue weighted by Gasteiger charge is 2.31. The number of nitrogens with two attached hydrogens (primary N) is 1. The second-order valence-corrected chi connectivity index (χ2v) is 3.92. The van der Waals surface area contributed by atoms with Gasteiger partial charge in [-0.3, -0.25) is 4.79 Å². The van der Waals surface area contributed by atoms with E-state index in [-0.39, 0.29) is 16.3 Å². The molecule has 0 fully saturated rings. The van der Waals surface area contributed by atoms with Gasteiger partial charge in [-0.15, -0.1) is 0 Å². The van der Waals surface area contributed by atoms with Crippen LogP contribution in [0, 0.1) is 0 Å². The van der Waals surface area contributed by atoms with Gasteiger partial charge in [0.15, 0.2) is 0 Å². The second kappa shape index (κ2) is 4.83. The van der Waals surface area contributed by atoms with Crippen LogP contribution >= 0.6 is 11.6 Å². The van der Waals surface area contributed by atoms with E-state index in [1.54, 1.807) is 0 Å². The first-order chi connectivity index (χ1) is 7.70. The number of amides is 1. The van der Waals surface area contributed by atoms with Gasteiger partial charge in [-0.1, -0.05) is 11.6 Å². The van der Waals surface area contributed by atoms with Gasteiger partial charge in [-0.2, -0.15) is 13.2 Å². The van der Waals surface area contributed by atoms with Gasteiger partial charge in [0.2, 0.25) is 0 Å². The number of benzene rings is 1. The molecule has 17 heavy (non-hydrogen) atoms. The van der Waals surface area contributed by atoms with E-state index >= 15 is 0 Å². The number of alkyl halides is 3. The van der Waals surface area contributed by atoms with Crippen LogP contribution in [-0.4, -0.2) is 30.6 Å². The van der Waals surface area contributed by atoms with E-state index in [4.69, 9.17) is 17.3 Å². The summed E-state index contributed by atoms with van der Waals surface area (Å²) in [5.74, 6) is -0.760. The highest BCUT2D eigenvalue weighted by atomic mass is 35.5. The first-order valence-corrected chi connectivity index (χ1v) is 4.96. The van der Waals surface area contributed by atoms with Crippen molar-refractivity contribution in [2.75, 3.05) is 19.3 Å². The number of hydrogen-bond acceptors (Lipinski definition) is 2. The van der Waals surface area contributed by atoms with Gasteiger partial charge in [0.05, 0.1) is 10.7 Å². The van der Waals surface area contributed by atoms with E-state index < -0.39 is 18.6 Å². The van der Waals surface area contributed by atoms with E-state index in [1.165, 1.54) is 18.2 Å². The summed E-state index contributed by atoms with van der Waals surface area (Å²) < 4.78 is 36.3. The highest BCUT2D eigenvalue weighted by molar-refractivity contribution is 6.33. The molecule has 3 nitrogen and oxygen atoms in total. The lowest BCUT2D eigenvalue weighted by Gasteiger charge is -2.19. The topological polar surface area (TPSA) is 46.3 Å². The van der Waals surface area contributed by atoms with Crippen LogP contribution in [0.3, 0.4) is 0 Å². The number of carbonyl (C=O) groups excluding carboxylic acids is 1. The molecular weight excluding hydrogens is 257 g/mol. The Labute approximate surface area is 101 Å². The third-order valence-electron chi connectivity index (χ3n) is 2.01. The molecule has 0 heterocycles. The summed E-state index contributed by atoms with van der Waals surface area (Å²) in [7, 11) is 1.07. The minimum atomic E-state index is -4.43. The second-order valence-electron chi connectivity index (χ2n) is 3.51. The number of hydrogen-bond donors (Lipinski definition) is 1. The van der Waals surface area contributed by atoms with Crippen LogP contribution in [0.15, 0.2) is 18.2 Å². The van der Waals surface area contributed by atoms with Gasteiger partial charge >= 0.3 is 6.18 Å². The van der Waals surface area contributed by atoms with E-state index in [0.29, 0.717) is 4.90 Å². The molecule has 0 aliphatic rings. The summed E-state index contributed by atoms with van der Waals surface area (Å²) in [6.45, 7) is -1.31. The zero-order chi connectivity index (χ0) is 13.2. The Morgan fingerprint density at radius 2 is 2.06 bits per heavy atom. The van der Waals surface area contributed by atoms with Crippen molar-refractivity contribution >= 4 is 23.2 Å². The van der Waals surface area contributed by atoms with Crippen LogP contribution in [0.2, 0.25) is 5.02 Å². The number of carbonyl (C=O) groups is 1. The van der Waals surface area contributed by atoms with E-state index in [9.17, 15) is 18.0 Å². The van der Waals surface area contributed by atoms with Crippen molar-refractivity contribution in [1.29, 1.82) is 0 Å². The molecule has 7 heteroatoms. The van der Waals surface area contributed by atoms with Gasteiger partial charge in [-0.05, 0) is 18.2 Å². The predicted molar refractivity (Wildman–Crippen MR) is 58.9 cm³/mol. The monoisotopic (exact) mass is 266 g/mol. The van der Waals surface area contributed by atoms with Crippen LogP contribution in [0.1, 0.15) is 10.4 Å². The zero-order valence-electron chi connectivity index (χ0n) is 8.88. The Bertz CT molecular complexity index is 434. The fourth-order valence-electron chi connectivity index (χ4n) is 1.22. The fraction of sp³-hybridized carbons (Fsp3) is 0.300. The van der Waals surface area contributed by atoms with Crippen LogP contribution < -0.4 is 5.73 Å². The molecule has 1 rings (SSSR count). The summed E-state index contributed by atoms with van der Waals surface area (Å²) in [4.78, 5) is 12.2. The smallest absolute Gasteiger partial charge is 0.398 e. The SMILES string of the molecule is CN(CC(F)(F)F)C(=O)c1ccc(N)c(Cl)c1. The van der Waals surface area contributed by atoms with Crippen LogP contribution in [-0.2, 0) is 0 Å². The standard InChI is InChI=1S/C10H10ClF3N2O/c1-16(5-10(12,13)14)9(17)6-2-3-8(15)7(11)4-6/h2-4H,5,15H2,1H3. The Hall–Kier alpha value is -1.43. The maximum atomic E-state index is 12.1. The molecule has 0 aromatic heterocycles. The Balaban J connectivity index is 2.85. The normalized spacial score (nSPS) is 11.4. The third-order valence-corrected chi connectivity index (χ3v) is 2.34. The first-order valence-electron chi connectivity index (χ1n) is 4.58. The van der Waals surface area contributed by atoms with Crippen molar-refractivity contribution in [3.8, 4) is 0 Å². The number of halogens is 4. The average molecular weight is 267 g/mol. The molecule has 94 valence electrons. The molecule has 0 bridgehead atoms. The lowest BCUT2D eigenvalue weighted by Crippen LogP contribution is -2.35. The predicted octanol–water partition coefficient (Wildman–Crippen LogP) is 2.56. The van der Waals surface area contributed by atoms with Gasteiger partial charge in [0.1, 0.15) is 6.54 Å². The molecule has 0 unspecified atom stereocenters. The van der Waals surface area contributed by atoms with Crippen molar-refractivity contribution in [1.82, 2.24) is 4.90 Å². The van der Waals surface area contributed by atoms with E-state index in [1.807, 2.05) is 0 Å². The number of rotatable bonds is 2. The fourth-order valence-corrected chi connectivity index (χ4v) is 1.40. The summed E-state index contributed by atoms with van der Waals surface area (Å²) in [5.41, 5.74) is 5.76. The highest BCUT2D eigenvalue weighted by Crippen LogP contribution is 2.21. The third kappa shape index (κ3) is 3.81. The maximum Gasteiger partial charge on any atom is 0.406 e. The molecule has 0 radical (unpaired) electrons. The summed E-state index contributed by atoms with van der Waals surface area (Å²) >= 11 is 5.68. The Kier molecular flexibility index (Phi) is 3.87. The lowest BCUT2D eigenvalue weighted by atomic mass is 10.2. The van der Waals surface area contributed by atoms with Gasteiger partial charge in [0.25, 0.3) is 5.91 Å². The summed E-state index contributed by atoms with van der Waals surface area (Å²) in [6, 6.07) is 3.94. The molecule has 1 amide bonds. The quantitative estimate of drug-likeness (QED) is 0.836. The molecule has 0 atom stereocenters. The molecule has 0 spiro atoms. The molecule has 0 aliphatic carbocycles. The van der Waals surface area contributed by atoms with Crippen molar-refractivity contribution in [2.24, 2.45) is 0 Å². The number of anilines is 1. The molecule has 2 N–H and O–H groups in total. The van der Waals surface area contributed by atoms with Crippen LogP contribution in [0.25, 0.3) is 0 Å². The van der Waals surface area contributed by atoms with Crippen molar-refractivity contribution in [3.63, 3.8) is 0 Å². The van der Waals surface area contributed by atoms with Crippen molar-refractivity contribution < 1.29 is 18.0 Å². The lowest BCUT2D eigenvalue weighted by molar-refractivity contribution is -0.138. The zero-order valence-corrected chi connectivity index (χ0v) is 9.64. The van der Waals surface area contributed by atoms with Crippen molar-refractivity contribution in [2.45, 2.75) is 6.18 Å².